The Morgan fingerprint density at radius 2 is 2.07 bits per heavy atom. The molecule has 0 heterocycles. The molecular formula is C12H25NO. The van der Waals surface area contributed by atoms with E-state index in [4.69, 9.17) is 10.5 Å². The van der Waals surface area contributed by atoms with Crippen LogP contribution in [-0.4, -0.2) is 18.8 Å². The Morgan fingerprint density at radius 1 is 1.36 bits per heavy atom. The monoisotopic (exact) mass is 199 g/mol. The van der Waals surface area contributed by atoms with Crippen LogP contribution in [0.15, 0.2) is 0 Å². The zero-order valence-corrected chi connectivity index (χ0v) is 9.67. The van der Waals surface area contributed by atoms with E-state index in [9.17, 15) is 0 Å². The summed E-state index contributed by atoms with van der Waals surface area (Å²) in [4.78, 5) is 0. The van der Waals surface area contributed by atoms with E-state index in [2.05, 4.69) is 13.8 Å². The van der Waals surface area contributed by atoms with Crippen LogP contribution in [0.25, 0.3) is 0 Å². The summed E-state index contributed by atoms with van der Waals surface area (Å²) >= 11 is 0. The van der Waals surface area contributed by atoms with E-state index in [1.54, 1.807) is 0 Å². The third-order valence-corrected chi connectivity index (χ3v) is 3.17. The number of hydrogen-bond acceptors (Lipinski definition) is 2. The summed E-state index contributed by atoms with van der Waals surface area (Å²) in [7, 11) is 0. The average Bonchev–Trinajstić information content (AvgIpc) is 2.15. The Labute approximate surface area is 88.2 Å². The van der Waals surface area contributed by atoms with Crippen molar-refractivity contribution in [1.82, 2.24) is 0 Å². The fourth-order valence-electron chi connectivity index (χ4n) is 2.17. The molecule has 0 aromatic carbocycles. The highest BCUT2D eigenvalue weighted by Crippen LogP contribution is 2.26. The van der Waals surface area contributed by atoms with Crippen LogP contribution in [0.1, 0.15) is 52.4 Å². The van der Waals surface area contributed by atoms with Crippen molar-refractivity contribution < 1.29 is 4.74 Å². The molecule has 1 rings (SSSR count). The zero-order valence-electron chi connectivity index (χ0n) is 9.67. The number of ether oxygens (including phenoxy) is 1. The summed E-state index contributed by atoms with van der Waals surface area (Å²) in [6.45, 7) is 5.27. The van der Waals surface area contributed by atoms with Gasteiger partial charge in [0, 0.05) is 12.6 Å². The van der Waals surface area contributed by atoms with Crippen LogP contribution >= 0.6 is 0 Å². The van der Waals surface area contributed by atoms with Crippen molar-refractivity contribution in [2.45, 2.75) is 64.5 Å². The van der Waals surface area contributed by atoms with E-state index in [1.807, 2.05) is 0 Å². The second kappa shape index (κ2) is 6.41. The molecule has 0 spiro atoms. The van der Waals surface area contributed by atoms with Crippen LogP contribution in [0, 0.1) is 5.92 Å². The van der Waals surface area contributed by atoms with Crippen molar-refractivity contribution in [2.24, 2.45) is 11.7 Å². The maximum Gasteiger partial charge on any atom is 0.0600 e. The summed E-state index contributed by atoms with van der Waals surface area (Å²) in [5, 5.41) is 0. The van der Waals surface area contributed by atoms with Gasteiger partial charge in [-0.25, -0.2) is 0 Å². The average molecular weight is 199 g/mol. The van der Waals surface area contributed by atoms with Gasteiger partial charge in [0.15, 0.2) is 0 Å². The number of hydrogen-bond donors (Lipinski definition) is 1. The van der Waals surface area contributed by atoms with E-state index in [1.165, 1.54) is 25.7 Å². The quantitative estimate of drug-likeness (QED) is 0.691. The topological polar surface area (TPSA) is 35.2 Å². The molecule has 0 radical (unpaired) electrons. The minimum absolute atomic E-state index is 0.322. The first-order valence-corrected chi connectivity index (χ1v) is 6.07. The molecule has 14 heavy (non-hydrogen) atoms. The summed E-state index contributed by atoms with van der Waals surface area (Å²) < 4.78 is 5.89. The lowest BCUT2D eigenvalue weighted by Crippen LogP contribution is -2.26. The molecule has 0 aromatic heterocycles. The van der Waals surface area contributed by atoms with Crippen LogP contribution < -0.4 is 5.73 Å². The van der Waals surface area contributed by atoms with Gasteiger partial charge in [-0.05, 0) is 38.5 Å². The second-order valence-corrected chi connectivity index (χ2v) is 4.79. The van der Waals surface area contributed by atoms with Crippen LogP contribution in [0.2, 0.25) is 0 Å². The third kappa shape index (κ3) is 4.43. The fourth-order valence-corrected chi connectivity index (χ4v) is 2.17. The molecule has 1 saturated carbocycles. The maximum absolute atomic E-state index is 5.89. The molecule has 1 aliphatic rings. The molecule has 1 fully saturated rings. The summed E-state index contributed by atoms with van der Waals surface area (Å²) in [5.41, 5.74) is 5.68. The van der Waals surface area contributed by atoms with Crippen LogP contribution in [0.5, 0.6) is 0 Å². The second-order valence-electron chi connectivity index (χ2n) is 4.79. The van der Waals surface area contributed by atoms with Crippen molar-refractivity contribution in [2.75, 3.05) is 6.61 Å². The molecular weight excluding hydrogens is 174 g/mol. The summed E-state index contributed by atoms with van der Waals surface area (Å²) in [6, 6.07) is 0.322. The highest BCUT2D eigenvalue weighted by atomic mass is 16.5. The molecule has 0 bridgehead atoms. The Morgan fingerprint density at radius 3 is 2.71 bits per heavy atom. The van der Waals surface area contributed by atoms with Gasteiger partial charge in [0.2, 0.25) is 0 Å². The van der Waals surface area contributed by atoms with Gasteiger partial charge < -0.3 is 10.5 Å². The van der Waals surface area contributed by atoms with Crippen LogP contribution in [-0.2, 0) is 4.74 Å². The highest BCUT2D eigenvalue weighted by Gasteiger charge is 2.21. The molecule has 0 aromatic rings. The lowest BCUT2D eigenvalue weighted by molar-refractivity contribution is -0.00674. The van der Waals surface area contributed by atoms with Gasteiger partial charge in [0.1, 0.15) is 0 Å². The van der Waals surface area contributed by atoms with Crippen molar-refractivity contribution in [3.63, 3.8) is 0 Å². The molecule has 3 atom stereocenters. The van der Waals surface area contributed by atoms with E-state index in [0.29, 0.717) is 12.1 Å². The Kier molecular flexibility index (Phi) is 5.49. The molecule has 2 heteroatoms. The van der Waals surface area contributed by atoms with Gasteiger partial charge in [0.25, 0.3) is 0 Å². The molecule has 2 N–H and O–H groups in total. The first-order valence-electron chi connectivity index (χ1n) is 6.07. The molecule has 3 unspecified atom stereocenters. The lowest BCUT2D eigenvalue weighted by Gasteiger charge is -2.28. The molecule has 1 aliphatic carbocycles. The zero-order chi connectivity index (χ0) is 10.4. The number of nitrogens with two attached hydrogens (primary N) is 1. The lowest BCUT2D eigenvalue weighted by atomic mass is 9.88. The van der Waals surface area contributed by atoms with Crippen molar-refractivity contribution in [1.29, 1.82) is 0 Å². The van der Waals surface area contributed by atoms with Crippen molar-refractivity contribution in [3.05, 3.63) is 0 Å². The van der Waals surface area contributed by atoms with Gasteiger partial charge in [-0.1, -0.05) is 19.8 Å². The standard InChI is InChI=1S/C12H25NO/c1-10-6-3-4-8-12(10)14-9-5-7-11(2)13/h10-12H,3-9,13H2,1-2H3. The normalized spacial score (nSPS) is 30.2. The van der Waals surface area contributed by atoms with E-state index in [0.717, 1.165) is 25.4 Å². The minimum atomic E-state index is 0.322. The Balaban J connectivity index is 2.04. The van der Waals surface area contributed by atoms with Gasteiger partial charge in [-0.2, -0.15) is 0 Å². The summed E-state index contributed by atoms with van der Waals surface area (Å²) in [6.07, 6.45) is 8.07. The smallest absolute Gasteiger partial charge is 0.0600 e. The molecule has 84 valence electrons. The van der Waals surface area contributed by atoms with Gasteiger partial charge in [-0.15, -0.1) is 0 Å². The fraction of sp³-hybridized carbons (Fsp3) is 1.00. The Bertz CT molecular complexity index is 147. The summed E-state index contributed by atoms with van der Waals surface area (Å²) in [5.74, 6) is 0.763. The predicted molar refractivity (Wildman–Crippen MR) is 60.3 cm³/mol. The third-order valence-electron chi connectivity index (χ3n) is 3.17. The molecule has 0 saturated heterocycles. The van der Waals surface area contributed by atoms with Crippen molar-refractivity contribution >= 4 is 0 Å². The van der Waals surface area contributed by atoms with Crippen LogP contribution in [0.4, 0.5) is 0 Å². The SMILES string of the molecule is CC(N)CCCOC1CCCCC1C. The Hall–Kier alpha value is -0.0800. The molecule has 0 amide bonds. The highest BCUT2D eigenvalue weighted by molar-refractivity contribution is 4.72. The van der Waals surface area contributed by atoms with Gasteiger partial charge in [-0.3, -0.25) is 0 Å². The van der Waals surface area contributed by atoms with Crippen LogP contribution in [0.3, 0.4) is 0 Å². The van der Waals surface area contributed by atoms with Gasteiger partial charge in [0.05, 0.1) is 6.10 Å². The molecule has 0 aliphatic heterocycles. The first kappa shape index (κ1) is 12.0. The van der Waals surface area contributed by atoms with E-state index < -0.39 is 0 Å². The van der Waals surface area contributed by atoms with E-state index in [-0.39, 0.29) is 0 Å². The van der Waals surface area contributed by atoms with Gasteiger partial charge >= 0.3 is 0 Å². The first-order chi connectivity index (χ1) is 6.70. The van der Waals surface area contributed by atoms with E-state index >= 15 is 0 Å². The maximum atomic E-state index is 5.89. The predicted octanol–water partition coefficient (Wildman–Crippen LogP) is 2.71. The minimum Gasteiger partial charge on any atom is -0.378 e. The number of rotatable bonds is 5. The molecule has 2 nitrogen and oxygen atoms in total. The largest absolute Gasteiger partial charge is 0.378 e. The van der Waals surface area contributed by atoms with Crippen molar-refractivity contribution in [3.8, 4) is 0 Å².